The predicted octanol–water partition coefficient (Wildman–Crippen LogP) is 3.53. The number of alkyl halides is 3. The average molecular weight is 505 g/mol. The molecule has 0 saturated carbocycles. The van der Waals surface area contributed by atoms with Gasteiger partial charge in [0, 0.05) is 52.1 Å². The molecular weight excluding hydrogens is 474 g/mol. The third-order valence-electron chi connectivity index (χ3n) is 3.56. The molecule has 0 radical (unpaired) electrons. The number of aryl methyl sites for hydroxylation is 1. The van der Waals surface area contributed by atoms with Gasteiger partial charge in [0.05, 0.1) is 5.69 Å². The van der Waals surface area contributed by atoms with E-state index in [2.05, 4.69) is 34.0 Å². The summed E-state index contributed by atoms with van der Waals surface area (Å²) >= 11 is 0. The van der Waals surface area contributed by atoms with Gasteiger partial charge < -0.3 is 15.0 Å². The number of nitrogens with zero attached hydrogens (tertiary/aromatic N) is 4. The number of rotatable bonds is 9. The van der Waals surface area contributed by atoms with E-state index in [0.29, 0.717) is 37.9 Å². The van der Waals surface area contributed by atoms with Crippen LogP contribution in [0.2, 0.25) is 0 Å². The van der Waals surface area contributed by atoms with Crippen LogP contribution in [0.5, 0.6) is 0 Å². The van der Waals surface area contributed by atoms with E-state index in [1.165, 1.54) is 0 Å². The number of hydrogen-bond donors (Lipinski definition) is 1. The van der Waals surface area contributed by atoms with Gasteiger partial charge in [-0.3, -0.25) is 9.67 Å². The number of aliphatic imine (C=N–C) groups is 1. The lowest BCUT2D eigenvalue weighted by Gasteiger charge is -2.22. The van der Waals surface area contributed by atoms with Crippen molar-refractivity contribution in [2.75, 3.05) is 33.4 Å². The summed E-state index contributed by atoms with van der Waals surface area (Å²) in [5, 5.41) is 7.71. The molecule has 0 bridgehead atoms. The zero-order chi connectivity index (χ0) is 19.7. The van der Waals surface area contributed by atoms with Gasteiger partial charge >= 0.3 is 6.18 Å². The number of guanidine groups is 1. The van der Waals surface area contributed by atoms with Crippen molar-refractivity contribution in [3.05, 3.63) is 17.5 Å². The van der Waals surface area contributed by atoms with Crippen molar-refractivity contribution in [3.63, 3.8) is 0 Å². The van der Waals surface area contributed by atoms with E-state index in [4.69, 9.17) is 0 Å². The van der Waals surface area contributed by atoms with Gasteiger partial charge in [0.25, 0.3) is 0 Å². The van der Waals surface area contributed by atoms with Crippen LogP contribution in [0.25, 0.3) is 0 Å². The highest BCUT2D eigenvalue weighted by Crippen LogP contribution is 2.18. The molecule has 0 aliphatic rings. The second-order valence-corrected chi connectivity index (χ2v) is 6.48. The summed E-state index contributed by atoms with van der Waals surface area (Å²) in [7, 11) is 3.83. The monoisotopic (exact) mass is 505 g/mol. The van der Waals surface area contributed by atoms with Crippen molar-refractivity contribution in [1.29, 1.82) is 0 Å². The van der Waals surface area contributed by atoms with Gasteiger partial charge in [-0.15, -0.1) is 24.0 Å². The van der Waals surface area contributed by atoms with E-state index < -0.39 is 12.8 Å². The molecule has 0 aromatic carbocycles. The van der Waals surface area contributed by atoms with Crippen LogP contribution in [0.15, 0.2) is 11.2 Å². The summed E-state index contributed by atoms with van der Waals surface area (Å²) in [6.45, 7) is 6.75. The number of hydrogen-bond acceptors (Lipinski definition) is 3. The largest absolute Gasteiger partial charge is 0.411 e. The van der Waals surface area contributed by atoms with Gasteiger partial charge in [0.1, 0.15) is 6.61 Å². The van der Waals surface area contributed by atoms with E-state index in [1.54, 1.807) is 4.68 Å². The van der Waals surface area contributed by atoms with Gasteiger partial charge in [-0.05, 0) is 19.3 Å². The first-order valence-corrected chi connectivity index (χ1v) is 8.80. The summed E-state index contributed by atoms with van der Waals surface area (Å²) in [5.74, 6) is 1.03. The lowest BCUT2D eigenvalue weighted by molar-refractivity contribution is -0.173. The van der Waals surface area contributed by atoms with Crippen molar-refractivity contribution in [1.82, 2.24) is 20.0 Å². The zero-order valence-electron chi connectivity index (χ0n) is 16.6. The third kappa shape index (κ3) is 10.2. The Labute approximate surface area is 176 Å². The maximum atomic E-state index is 12.0. The van der Waals surface area contributed by atoms with Gasteiger partial charge in [-0.2, -0.15) is 18.3 Å². The lowest BCUT2D eigenvalue weighted by atomic mass is 10.1. The standard InChI is InChI=1S/C17H30F3N5O.HI/c1-6-21-16(22-8-7-9-26-12-17(18,19)20)24(4)10-14-11-25(5)23-15(14)13(2)3;/h11,13H,6-10,12H2,1-5H3,(H,21,22);1H. The van der Waals surface area contributed by atoms with Crippen molar-refractivity contribution in [2.45, 2.75) is 45.8 Å². The summed E-state index contributed by atoms with van der Waals surface area (Å²) in [6, 6.07) is 0. The summed E-state index contributed by atoms with van der Waals surface area (Å²) in [5.41, 5.74) is 2.18. The van der Waals surface area contributed by atoms with Gasteiger partial charge in [0.15, 0.2) is 5.96 Å². The fourth-order valence-electron chi connectivity index (χ4n) is 2.50. The van der Waals surface area contributed by atoms with E-state index >= 15 is 0 Å². The van der Waals surface area contributed by atoms with Crippen LogP contribution in [0, 0.1) is 0 Å². The van der Waals surface area contributed by atoms with Crippen LogP contribution in [-0.4, -0.2) is 60.2 Å². The van der Waals surface area contributed by atoms with Gasteiger partial charge in [0.2, 0.25) is 0 Å². The molecule has 0 unspecified atom stereocenters. The predicted molar refractivity (Wildman–Crippen MR) is 112 cm³/mol. The molecule has 0 aliphatic heterocycles. The summed E-state index contributed by atoms with van der Waals surface area (Å²) in [6.07, 6.45) is -1.85. The molecule has 1 rings (SSSR count). The van der Waals surface area contributed by atoms with Crippen molar-refractivity contribution >= 4 is 29.9 Å². The highest BCUT2D eigenvalue weighted by molar-refractivity contribution is 14.0. The summed E-state index contributed by atoms with van der Waals surface area (Å²) < 4.78 is 42.5. The molecule has 0 fully saturated rings. The second-order valence-electron chi connectivity index (χ2n) is 6.48. The fourth-order valence-corrected chi connectivity index (χ4v) is 2.50. The van der Waals surface area contributed by atoms with Crippen molar-refractivity contribution < 1.29 is 17.9 Å². The highest BCUT2D eigenvalue weighted by Gasteiger charge is 2.27. The molecule has 0 amide bonds. The van der Waals surface area contributed by atoms with E-state index in [-0.39, 0.29) is 30.6 Å². The molecule has 6 nitrogen and oxygen atoms in total. The minimum Gasteiger partial charge on any atom is -0.372 e. The Bertz CT molecular complexity index is 575. The molecule has 27 heavy (non-hydrogen) atoms. The Balaban J connectivity index is 0.00000676. The van der Waals surface area contributed by atoms with Crippen LogP contribution >= 0.6 is 24.0 Å². The van der Waals surface area contributed by atoms with Crippen molar-refractivity contribution in [2.24, 2.45) is 12.0 Å². The lowest BCUT2D eigenvalue weighted by Crippen LogP contribution is -2.38. The molecular formula is C17H31F3IN5O. The quantitative estimate of drug-likeness (QED) is 0.242. The molecule has 1 aromatic heterocycles. The molecule has 0 aliphatic carbocycles. The topological polar surface area (TPSA) is 54.7 Å². The number of nitrogens with one attached hydrogen (secondary N) is 1. The Kier molecular flexibility index (Phi) is 11.9. The highest BCUT2D eigenvalue weighted by atomic mass is 127. The van der Waals surface area contributed by atoms with Crippen LogP contribution < -0.4 is 5.32 Å². The van der Waals surface area contributed by atoms with E-state index in [1.807, 2.05) is 32.1 Å². The molecule has 1 aromatic rings. The molecule has 10 heteroatoms. The molecule has 0 saturated heterocycles. The maximum Gasteiger partial charge on any atom is 0.411 e. The van der Waals surface area contributed by atoms with E-state index in [9.17, 15) is 13.2 Å². The van der Waals surface area contributed by atoms with Gasteiger partial charge in [-0.25, -0.2) is 0 Å². The Morgan fingerprint density at radius 1 is 1.41 bits per heavy atom. The molecule has 1 heterocycles. The van der Waals surface area contributed by atoms with E-state index in [0.717, 1.165) is 11.3 Å². The Morgan fingerprint density at radius 3 is 2.63 bits per heavy atom. The molecule has 0 atom stereocenters. The fraction of sp³-hybridized carbons (Fsp3) is 0.765. The third-order valence-corrected chi connectivity index (χ3v) is 3.56. The van der Waals surface area contributed by atoms with Crippen LogP contribution in [0.4, 0.5) is 13.2 Å². The first-order chi connectivity index (χ1) is 12.1. The Hall–Kier alpha value is -1.04. The molecule has 158 valence electrons. The van der Waals surface area contributed by atoms with Crippen molar-refractivity contribution in [3.8, 4) is 0 Å². The average Bonchev–Trinajstić information content (AvgIpc) is 2.89. The first-order valence-electron chi connectivity index (χ1n) is 8.80. The first kappa shape index (κ1) is 26.0. The smallest absolute Gasteiger partial charge is 0.372 e. The minimum absolute atomic E-state index is 0. The maximum absolute atomic E-state index is 12.0. The molecule has 0 spiro atoms. The van der Waals surface area contributed by atoms with Gasteiger partial charge in [-0.1, -0.05) is 13.8 Å². The SMILES string of the molecule is CCNC(=NCCCOCC(F)(F)F)N(C)Cc1cn(C)nc1C(C)C.I. The Morgan fingerprint density at radius 2 is 2.07 bits per heavy atom. The minimum atomic E-state index is -4.28. The zero-order valence-corrected chi connectivity index (χ0v) is 19.0. The summed E-state index contributed by atoms with van der Waals surface area (Å²) in [4.78, 5) is 6.46. The number of aromatic nitrogens is 2. The van der Waals surface area contributed by atoms with Crippen LogP contribution in [0.3, 0.4) is 0 Å². The van der Waals surface area contributed by atoms with Crippen LogP contribution in [-0.2, 0) is 18.3 Å². The number of halogens is 4. The number of ether oxygens (including phenoxy) is 1. The van der Waals surface area contributed by atoms with Crippen LogP contribution in [0.1, 0.15) is 44.4 Å². The normalized spacial score (nSPS) is 12.3. The molecule has 1 N–H and O–H groups in total. The second kappa shape index (κ2) is 12.4.